The molecule has 0 spiro atoms. The summed E-state index contributed by atoms with van der Waals surface area (Å²) in [6.07, 6.45) is -0.905. The molecule has 3 rings (SSSR count). The first-order chi connectivity index (χ1) is 15.6. The van der Waals surface area contributed by atoms with Crippen LogP contribution in [0.15, 0.2) is 33.8 Å². The van der Waals surface area contributed by atoms with Gasteiger partial charge in [0.05, 0.1) is 17.7 Å². The lowest BCUT2D eigenvalue weighted by atomic mass is 10.1. The molecule has 0 fully saturated rings. The summed E-state index contributed by atoms with van der Waals surface area (Å²) in [5.74, 6) is -1.15. The first-order valence-corrected chi connectivity index (χ1v) is 11.0. The van der Waals surface area contributed by atoms with Gasteiger partial charge in [0.15, 0.2) is 10.9 Å². The van der Waals surface area contributed by atoms with Gasteiger partial charge in [-0.25, -0.2) is 14.2 Å². The van der Waals surface area contributed by atoms with Crippen molar-refractivity contribution in [3.63, 3.8) is 0 Å². The van der Waals surface area contributed by atoms with Crippen molar-refractivity contribution in [3.05, 3.63) is 40.5 Å². The average molecular weight is 558 g/mol. The minimum absolute atomic E-state index is 0.0334. The molecule has 0 atom stereocenters. The van der Waals surface area contributed by atoms with E-state index < -0.39 is 22.5 Å². The summed E-state index contributed by atoms with van der Waals surface area (Å²) in [4.78, 5) is 33.7. The van der Waals surface area contributed by atoms with Crippen LogP contribution in [0.3, 0.4) is 0 Å². The van der Waals surface area contributed by atoms with Crippen molar-refractivity contribution in [1.29, 1.82) is 0 Å². The number of rotatable bonds is 6. The SMILES string of the molecule is CCOC(=O)C(=NOC)c1nc(Cl)c(-c2c(Cl)n(C(=O)OCC(Cl)(Cl)Cl)c3ccccc23)o1. The van der Waals surface area contributed by atoms with Crippen LogP contribution in [0.2, 0.25) is 10.3 Å². The largest absolute Gasteiger partial charge is 0.461 e. The third-order valence-electron chi connectivity index (χ3n) is 4.03. The van der Waals surface area contributed by atoms with Gasteiger partial charge >= 0.3 is 12.1 Å². The molecule has 9 nitrogen and oxygen atoms in total. The number of oxazole rings is 1. The third-order valence-corrected chi connectivity index (χ3v) is 4.97. The number of ether oxygens (including phenoxy) is 2. The molecule has 33 heavy (non-hydrogen) atoms. The predicted molar refractivity (Wildman–Crippen MR) is 125 cm³/mol. The minimum atomic E-state index is -1.82. The van der Waals surface area contributed by atoms with E-state index in [1.807, 2.05) is 0 Å². The van der Waals surface area contributed by atoms with Crippen molar-refractivity contribution in [1.82, 2.24) is 9.55 Å². The highest BCUT2D eigenvalue weighted by Crippen LogP contribution is 2.42. The van der Waals surface area contributed by atoms with Gasteiger partial charge < -0.3 is 18.7 Å². The van der Waals surface area contributed by atoms with Crippen LogP contribution in [-0.4, -0.2) is 51.4 Å². The Morgan fingerprint density at radius 3 is 2.52 bits per heavy atom. The van der Waals surface area contributed by atoms with Crippen LogP contribution in [0, 0.1) is 0 Å². The molecule has 14 heteroatoms. The fourth-order valence-electron chi connectivity index (χ4n) is 2.82. The van der Waals surface area contributed by atoms with Gasteiger partial charge in [-0.05, 0) is 13.0 Å². The molecule has 0 unspecified atom stereocenters. The van der Waals surface area contributed by atoms with E-state index in [2.05, 4.69) is 15.0 Å². The number of carbonyl (C=O) groups excluding carboxylic acids is 2. The summed E-state index contributed by atoms with van der Waals surface area (Å²) in [6.45, 7) is 1.18. The van der Waals surface area contributed by atoms with Crippen LogP contribution >= 0.6 is 58.0 Å². The van der Waals surface area contributed by atoms with Gasteiger partial charge in [0, 0.05) is 5.39 Å². The molecule has 0 aliphatic rings. The van der Waals surface area contributed by atoms with Crippen LogP contribution in [-0.2, 0) is 19.1 Å². The Kier molecular flexibility index (Phi) is 8.02. The van der Waals surface area contributed by atoms with Crippen molar-refractivity contribution in [2.75, 3.05) is 20.3 Å². The maximum atomic E-state index is 12.7. The summed E-state index contributed by atoms with van der Waals surface area (Å²) in [6, 6.07) is 6.67. The Hall–Kier alpha value is -2.17. The maximum Gasteiger partial charge on any atom is 0.419 e. The second-order valence-corrected chi connectivity index (χ2v) is 9.40. The summed E-state index contributed by atoms with van der Waals surface area (Å²) in [5.41, 5.74) is 0.217. The molecule has 0 saturated heterocycles. The molecule has 0 bridgehead atoms. The number of halogens is 5. The molecule has 2 aromatic heterocycles. The van der Waals surface area contributed by atoms with Crippen molar-refractivity contribution in [2.45, 2.75) is 10.7 Å². The molecule has 0 saturated carbocycles. The monoisotopic (exact) mass is 555 g/mol. The van der Waals surface area contributed by atoms with Crippen LogP contribution in [0.4, 0.5) is 4.79 Å². The Balaban J connectivity index is 2.14. The van der Waals surface area contributed by atoms with Crippen LogP contribution in [0.25, 0.3) is 22.2 Å². The first kappa shape index (κ1) is 25.5. The van der Waals surface area contributed by atoms with Gasteiger partial charge in [-0.15, -0.1) is 0 Å². The number of aromatic nitrogens is 2. The number of oxime groups is 1. The smallest absolute Gasteiger partial charge is 0.419 e. The standard InChI is InChI=1S/C19H14Cl5N3O6/c1-3-31-17(28)12(26-30-2)16-25-14(20)13(33-16)11-9-6-4-5-7-10(9)27(15(11)21)18(29)32-8-19(22,23)24/h4-7H,3,8H2,1-2H3. The molecule has 2 heterocycles. The molecule has 3 aromatic rings. The van der Waals surface area contributed by atoms with E-state index in [1.54, 1.807) is 31.2 Å². The van der Waals surface area contributed by atoms with E-state index in [-0.39, 0.29) is 39.8 Å². The highest BCUT2D eigenvalue weighted by Gasteiger charge is 2.31. The summed E-state index contributed by atoms with van der Waals surface area (Å²) < 4.78 is 14.9. The Labute approximate surface area is 212 Å². The fraction of sp³-hybridized carbons (Fsp3) is 0.263. The summed E-state index contributed by atoms with van der Waals surface area (Å²) >= 11 is 29.8. The number of hydrogen-bond acceptors (Lipinski definition) is 8. The van der Waals surface area contributed by atoms with E-state index >= 15 is 0 Å². The van der Waals surface area contributed by atoms with Gasteiger partial charge in [0.1, 0.15) is 18.9 Å². The molecule has 0 radical (unpaired) electrons. The average Bonchev–Trinajstić information content (AvgIpc) is 3.26. The normalized spacial score (nSPS) is 12.2. The number of esters is 1. The zero-order chi connectivity index (χ0) is 24.3. The Morgan fingerprint density at radius 1 is 1.18 bits per heavy atom. The second-order valence-electron chi connectivity index (χ2n) is 6.17. The lowest BCUT2D eigenvalue weighted by molar-refractivity contribution is -0.135. The van der Waals surface area contributed by atoms with Crippen molar-refractivity contribution in [2.24, 2.45) is 5.16 Å². The third kappa shape index (κ3) is 5.50. The van der Waals surface area contributed by atoms with Crippen molar-refractivity contribution < 1.29 is 28.3 Å². The minimum Gasteiger partial charge on any atom is -0.461 e. The molecule has 0 aliphatic heterocycles. The first-order valence-electron chi connectivity index (χ1n) is 9.07. The van der Waals surface area contributed by atoms with Gasteiger partial charge in [0.25, 0.3) is 5.89 Å². The molecular formula is C19H14Cl5N3O6. The predicted octanol–water partition coefficient (Wildman–Crippen LogP) is 5.87. The van der Waals surface area contributed by atoms with Crippen molar-refractivity contribution in [3.8, 4) is 11.3 Å². The van der Waals surface area contributed by atoms with Crippen LogP contribution in [0.5, 0.6) is 0 Å². The number of fused-ring (bicyclic) bond motifs is 1. The van der Waals surface area contributed by atoms with E-state index in [0.29, 0.717) is 10.9 Å². The molecule has 0 N–H and O–H groups in total. The van der Waals surface area contributed by atoms with E-state index in [4.69, 9.17) is 71.9 Å². The summed E-state index contributed by atoms with van der Waals surface area (Å²) in [7, 11) is 1.23. The van der Waals surface area contributed by atoms with E-state index in [9.17, 15) is 9.59 Å². The van der Waals surface area contributed by atoms with Gasteiger partial charge in [-0.2, -0.15) is 4.98 Å². The highest BCUT2D eigenvalue weighted by molar-refractivity contribution is 6.67. The van der Waals surface area contributed by atoms with Gasteiger partial charge in [-0.1, -0.05) is 81.4 Å². The summed E-state index contributed by atoms with van der Waals surface area (Å²) in [5, 5.41) is 3.81. The Morgan fingerprint density at radius 2 is 1.88 bits per heavy atom. The molecular weight excluding hydrogens is 543 g/mol. The highest BCUT2D eigenvalue weighted by atomic mass is 35.6. The van der Waals surface area contributed by atoms with Gasteiger partial charge in [-0.3, -0.25) is 0 Å². The number of alkyl halides is 3. The number of carbonyl (C=O) groups is 2. The second kappa shape index (κ2) is 10.4. The Bertz CT molecular complexity index is 1230. The quantitative estimate of drug-likeness (QED) is 0.162. The topological polar surface area (TPSA) is 105 Å². The lowest BCUT2D eigenvalue weighted by Gasteiger charge is -2.12. The fourth-order valence-corrected chi connectivity index (χ4v) is 3.54. The zero-order valence-electron chi connectivity index (χ0n) is 16.9. The molecule has 1 aromatic carbocycles. The zero-order valence-corrected chi connectivity index (χ0v) is 20.7. The van der Waals surface area contributed by atoms with Crippen molar-refractivity contribution >= 4 is 86.7 Å². The van der Waals surface area contributed by atoms with E-state index in [1.165, 1.54) is 7.11 Å². The molecule has 176 valence electrons. The molecule has 0 aliphatic carbocycles. The number of nitrogens with zero attached hydrogens (tertiary/aromatic N) is 3. The number of benzene rings is 1. The van der Waals surface area contributed by atoms with E-state index in [0.717, 1.165) is 4.57 Å². The maximum absolute atomic E-state index is 12.7. The number of para-hydroxylation sites is 1. The van der Waals surface area contributed by atoms with Crippen LogP contribution in [0.1, 0.15) is 12.8 Å². The van der Waals surface area contributed by atoms with Gasteiger partial charge in [0.2, 0.25) is 9.50 Å². The van der Waals surface area contributed by atoms with Crippen LogP contribution < -0.4 is 0 Å². The number of hydrogen-bond donors (Lipinski definition) is 0. The molecule has 0 amide bonds. The lowest BCUT2D eigenvalue weighted by Crippen LogP contribution is -2.21.